The first-order chi connectivity index (χ1) is 7.66. The van der Waals surface area contributed by atoms with E-state index < -0.39 is 17.7 Å². The highest BCUT2D eigenvalue weighted by atomic mass is 19.1. The van der Waals surface area contributed by atoms with Crippen LogP contribution in [0.2, 0.25) is 0 Å². The molecule has 1 heterocycles. The van der Waals surface area contributed by atoms with Crippen LogP contribution in [0.3, 0.4) is 0 Å². The van der Waals surface area contributed by atoms with Crippen molar-refractivity contribution >= 4 is 0 Å². The zero-order chi connectivity index (χ0) is 11.5. The second kappa shape index (κ2) is 4.61. The molecule has 0 aromatic heterocycles. The minimum absolute atomic E-state index is 0.0952. The lowest BCUT2D eigenvalue weighted by Crippen LogP contribution is -2.15. The molecular weight excluding hydrogens is 214 g/mol. The molecule has 2 nitrogen and oxygen atoms in total. The van der Waals surface area contributed by atoms with Crippen LogP contribution in [0.25, 0.3) is 0 Å². The zero-order valence-corrected chi connectivity index (χ0v) is 8.62. The van der Waals surface area contributed by atoms with Crippen molar-refractivity contribution in [2.75, 3.05) is 6.61 Å². The molecule has 1 aromatic carbocycles. The Morgan fingerprint density at radius 3 is 2.81 bits per heavy atom. The fraction of sp³-hybridized carbons (Fsp3) is 0.333. The fourth-order valence-corrected chi connectivity index (χ4v) is 1.67. The predicted molar refractivity (Wildman–Crippen MR) is 54.7 cm³/mol. The summed E-state index contributed by atoms with van der Waals surface area (Å²) in [4.78, 5) is 0. The molecule has 0 bridgehead atoms. The van der Waals surface area contributed by atoms with Crippen molar-refractivity contribution in [2.45, 2.75) is 18.9 Å². The van der Waals surface area contributed by atoms with E-state index in [1.807, 2.05) is 0 Å². The van der Waals surface area contributed by atoms with Crippen LogP contribution in [0.5, 0.6) is 0 Å². The summed E-state index contributed by atoms with van der Waals surface area (Å²) in [5.74, 6) is -0.784. The molecular formula is C12H12F2O2. The van der Waals surface area contributed by atoms with E-state index in [2.05, 4.69) is 0 Å². The van der Waals surface area contributed by atoms with Crippen LogP contribution in [-0.4, -0.2) is 17.8 Å². The van der Waals surface area contributed by atoms with Gasteiger partial charge < -0.3 is 9.84 Å². The molecule has 1 aliphatic rings. The minimum Gasteiger partial charge on any atom is -0.495 e. The zero-order valence-electron chi connectivity index (χ0n) is 8.62. The third kappa shape index (κ3) is 2.39. The maximum absolute atomic E-state index is 13.3. The van der Waals surface area contributed by atoms with Crippen molar-refractivity contribution < 1.29 is 18.6 Å². The topological polar surface area (TPSA) is 29.5 Å². The average Bonchev–Trinajstić information content (AvgIpc) is 2.75. The number of hydrogen-bond acceptors (Lipinski definition) is 2. The number of aliphatic hydroxyl groups excluding tert-OH is 1. The van der Waals surface area contributed by atoms with Crippen LogP contribution in [0.1, 0.15) is 12.0 Å². The Bertz CT molecular complexity index is 415. The Morgan fingerprint density at radius 2 is 2.19 bits per heavy atom. The highest BCUT2D eigenvalue weighted by Crippen LogP contribution is 2.19. The summed E-state index contributed by atoms with van der Waals surface area (Å²) in [6, 6.07) is 3.32. The van der Waals surface area contributed by atoms with Gasteiger partial charge in [0.1, 0.15) is 23.5 Å². The van der Waals surface area contributed by atoms with Crippen LogP contribution in [0.4, 0.5) is 8.78 Å². The SMILES string of the molecule is OC(Cc1ccc(F)cc1F)C1=CCCO1. The first-order valence-electron chi connectivity index (χ1n) is 5.11. The van der Waals surface area contributed by atoms with E-state index >= 15 is 0 Å². The Hall–Kier alpha value is -1.42. The molecule has 1 N–H and O–H groups in total. The summed E-state index contributed by atoms with van der Waals surface area (Å²) in [5, 5.41) is 9.74. The summed E-state index contributed by atoms with van der Waals surface area (Å²) in [7, 11) is 0. The normalized spacial score (nSPS) is 16.8. The highest BCUT2D eigenvalue weighted by Gasteiger charge is 2.18. The lowest BCUT2D eigenvalue weighted by Gasteiger charge is -2.12. The molecule has 86 valence electrons. The van der Waals surface area contributed by atoms with Crippen molar-refractivity contribution in [1.82, 2.24) is 0 Å². The maximum atomic E-state index is 13.3. The molecule has 2 rings (SSSR count). The summed E-state index contributed by atoms with van der Waals surface area (Å²) >= 11 is 0. The van der Waals surface area contributed by atoms with Crippen LogP contribution in [0, 0.1) is 11.6 Å². The van der Waals surface area contributed by atoms with E-state index in [4.69, 9.17) is 4.74 Å². The smallest absolute Gasteiger partial charge is 0.129 e. The quantitative estimate of drug-likeness (QED) is 0.855. The first-order valence-corrected chi connectivity index (χ1v) is 5.11. The van der Waals surface area contributed by atoms with Gasteiger partial charge in [0.25, 0.3) is 0 Å². The third-order valence-electron chi connectivity index (χ3n) is 2.49. The molecule has 0 radical (unpaired) electrons. The Labute approximate surface area is 92.2 Å². The van der Waals surface area contributed by atoms with Gasteiger partial charge in [0.2, 0.25) is 0 Å². The number of rotatable bonds is 3. The molecule has 0 fully saturated rings. The van der Waals surface area contributed by atoms with Gasteiger partial charge in [-0.05, 0) is 17.7 Å². The van der Waals surface area contributed by atoms with Crippen LogP contribution >= 0.6 is 0 Å². The summed E-state index contributed by atoms with van der Waals surface area (Å²) in [6.45, 7) is 0.554. The van der Waals surface area contributed by atoms with Gasteiger partial charge in [-0.15, -0.1) is 0 Å². The summed E-state index contributed by atoms with van der Waals surface area (Å²) < 4.78 is 31.1. The van der Waals surface area contributed by atoms with E-state index in [0.717, 1.165) is 12.5 Å². The fourth-order valence-electron chi connectivity index (χ4n) is 1.67. The van der Waals surface area contributed by atoms with Gasteiger partial charge in [-0.25, -0.2) is 8.78 Å². The molecule has 0 saturated heterocycles. The molecule has 1 unspecified atom stereocenters. The van der Waals surface area contributed by atoms with Crippen LogP contribution in [0.15, 0.2) is 30.0 Å². The second-order valence-corrected chi connectivity index (χ2v) is 3.70. The Balaban J connectivity index is 2.08. The number of aliphatic hydroxyl groups is 1. The predicted octanol–water partition coefficient (Wildman–Crippen LogP) is 2.17. The van der Waals surface area contributed by atoms with Gasteiger partial charge in [-0.1, -0.05) is 6.07 Å². The number of halogens is 2. The molecule has 0 amide bonds. The van der Waals surface area contributed by atoms with Gasteiger partial charge in [0.15, 0.2) is 0 Å². The molecule has 1 aromatic rings. The molecule has 4 heteroatoms. The Morgan fingerprint density at radius 1 is 1.38 bits per heavy atom. The minimum atomic E-state index is -0.859. The van der Waals surface area contributed by atoms with Crippen molar-refractivity contribution in [2.24, 2.45) is 0 Å². The third-order valence-corrected chi connectivity index (χ3v) is 2.49. The van der Waals surface area contributed by atoms with E-state index in [1.54, 1.807) is 6.08 Å². The van der Waals surface area contributed by atoms with E-state index in [0.29, 0.717) is 12.4 Å². The monoisotopic (exact) mass is 226 g/mol. The molecule has 1 aliphatic heterocycles. The van der Waals surface area contributed by atoms with Crippen LogP contribution < -0.4 is 0 Å². The molecule has 1 atom stereocenters. The molecule has 0 saturated carbocycles. The van der Waals surface area contributed by atoms with Gasteiger partial charge in [-0.2, -0.15) is 0 Å². The first kappa shape index (κ1) is 11.1. The van der Waals surface area contributed by atoms with Crippen molar-refractivity contribution in [3.8, 4) is 0 Å². The molecule has 16 heavy (non-hydrogen) atoms. The number of ether oxygens (including phenoxy) is 1. The molecule has 0 spiro atoms. The van der Waals surface area contributed by atoms with Gasteiger partial charge in [-0.3, -0.25) is 0 Å². The number of benzene rings is 1. The Kier molecular flexibility index (Phi) is 3.19. The lowest BCUT2D eigenvalue weighted by molar-refractivity contribution is 0.117. The lowest BCUT2D eigenvalue weighted by atomic mass is 10.1. The molecule has 0 aliphatic carbocycles. The van der Waals surface area contributed by atoms with E-state index in [9.17, 15) is 13.9 Å². The standard InChI is InChI=1S/C12H12F2O2/c13-9-4-3-8(10(14)7-9)6-11(15)12-2-1-5-16-12/h2-4,7,11,15H,1,5-6H2. The van der Waals surface area contributed by atoms with Gasteiger partial charge in [0, 0.05) is 18.9 Å². The van der Waals surface area contributed by atoms with Crippen molar-refractivity contribution in [1.29, 1.82) is 0 Å². The summed E-state index contributed by atoms with van der Waals surface area (Å²) in [6.07, 6.45) is 1.78. The van der Waals surface area contributed by atoms with E-state index in [1.165, 1.54) is 12.1 Å². The second-order valence-electron chi connectivity index (χ2n) is 3.70. The van der Waals surface area contributed by atoms with Gasteiger partial charge in [0.05, 0.1) is 6.61 Å². The summed E-state index contributed by atoms with van der Waals surface area (Å²) in [5.41, 5.74) is 0.283. The van der Waals surface area contributed by atoms with Crippen molar-refractivity contribution in [3.05, 3.63) is 47.2 Å². The largest absolute Gasteiger partial charge is 0.495 e. The number of hydrogen-bond donors (Lipinski definition) is 1. The maximum Gasteiger partial charge on any atom is 0.129 e. The van der Waals surface area contributed by atoms with E-state index in [-0.39, 0.29) is 12.0 Å². The van der Waals surface area contributed by atoms with Crippen molar-refractivity contribution in [3.63, 3.8) is 0 Å². The average molecular weight is 226 g/mol. The van der Waals surface area contributed by atoms with Crippen LogP contribution in [-0.2, 0) is 11.2 Å². The highest BCUT2D eigenvalue weighted by molar-refractivity contribution is 5.21. The van der Waals surface area contributed by atoms with Gasteiger partial charge >= 0.3 is 0 Å².